The molecule has 1 aliphatic rings. The minimum absolute atomic E-state index is 0.0113. The molecule has 1 aliphatic carbocycles. The molecule has 0 spiro atoms. The standard InChI is InChI=1S/C24H31N5O3/c1-15(2)29(16(3)4)22(31)19-8-6-18(7-9-19)17(5)27-23(32)24(10-11-24)28-21(30)20-12-25-14-26-13-20/h6-9,12-17H,10-11H2,1-5H3,(H,27,32)(H,28,30)/t17-/m1/s1. The number of hydrogen-bond donors (Lipinski definition) is 2. The maximum Gasteiger partial charge on any atom is 0.255 e. The molecule has 0 aliphatic heterocycles. The molecule has 1 saturated carbocycles. The summed E-state index contributed by atoms with van der Waals surface area (Å²) in [6, 6.07) is 7.24. The van der Waals surface area contributed by atoms with E-state index in [0.717, 1.165) is 5.56 Å². The summed E-state index contributed by atoms with van der Waals surface area (Å²) in [5.41, 5.74) is 0.920. The number of nitrogens with one attached hydrogen (secondary N) is 2. The number of amides is 3. The summed E-state index contributed by atoms with van der Waals surface area (Å²) < 4.78 is 0. The van der Waals surface area contributed by atoms with Gasteiger partial charge in [-0.25, -0.2) is 9.97 Å². The van der Waals surface area contributed by atoms with Gasteiger partial charge in [0.25, 0.3) is 11.8 Å². The lowest BCUT2D eigenvalue weighted by Crippen LogP contribution is -2.49. The lowest BCUT2D eigenvalue weighted by atomic mass is 10.0. The Morgan fingerprint density at radius 2 is 1.47 bits per heavy atom. The molecule has 0 radical (unpaired) electrons. The third-order valence-corrected chi connectivity index (χ3v) is 5.71. The molecule has 1 heterocycles. The molecule has 0 unspecified atom stereocenters. The quantitative estimate of drug-likeness (QED) is 0.661. The van der Waals surface area contributed by atoms with Crippen molar-refractivity contribution in [3.8, 4) is 0 Å². The Kier molecular flexibility index (Phi) is 6.91. The highest BCUT2D eigenvalue weighted by molar-refractivity contribution is 6.00. The fraction of sp³-hybridized carbons (Fsp3) is 0.458. The molecular weight excluding hydrogens is 406 g/mol. The summed E-state index contributed by atoms with van der Waals surface area (Å²) in [5, 5.41) is 5.80. The topological polar surface area (TPSA) is 104 Å². The predicted octanol–water partition coefficient (Wildman–Crippen LogP) is 2.88. The average Bonchev–Trinajstić information content (AvgIpc) is 3.54. The van der Waals surface area contributed by atoms with Crippen molar-refractivity contribution in [1.82, 2.24) is 25.5 Å². The van der Waals surface area contributed by atoms with Crippen molar-refractivity contribution in [3.63, 3.8) is 0 Å². The van der Waals surface area contributed by atoms with Crippen LogP contribution in [0.1, 0.15) is 79.8 Å². The Hall–Kier alpha value is -3.29. The van der Waals surface area contributed by atoms with E-state index in [4.69, 9.17) is 0 Å². The smallest absolute Gasteiger partial charge is 0.255 e. The van der Waals surface area contributed by atoms with Crippen molar-refractivity contribution < 1.29 is 14.4 Å². The molecule has 3 rings (SSSR count). The van der Waals surface area contributed by atoms with E-state index in [1.807, 2.05) is 51.7 Å². The maximum atomic E-state index is 12.9. The van der Waals surface area contributed by atoms with Gasteiger partial charge in [0.15, 0.2) is 0 Å². The molecule has 8 heteroatoms. The van der Waals surface area contributed by atoms with E-state index in [1.165, 1.54) is 18.7 Å². The number of benzene rings is 1. The number of aromatic nitrogens is 2. The summed E-state index contributed by atoms with van der Waals surface area (Å²) in [6.07, 6.45) is 5.35. The highest BCUT2D eigenvalue weighted by Crippen LogP contribution is 2.36. The second kappa shape index (κ2) is 9.46. The van der Waals surface area contributed by atoms with Gasteiger partial charge in [-0.15, -0.1) is 0 Å². The van der Waals surface area contributed by atoms with E-state index in [1.54, 1.807) is 12.1 Å². The van der Waals surface area contributed by atoms with Gasteiger partial charge in [0.1, 0.15) is 11.9 Å². The number of nitrogens with zero attached hydrogens (tertiary/aromatic N) is 3. The first-order valence-electron chi connectivity index (χ1n) is 11.0. The second-order valence-electron chi connectivity index (χ2n) is 8.88. The van der Waals surface area contributed by atoms with Gasteiger partial charge in [0.2, 0.25) is 5.91 Å². The van der Waals surface area contributed by atoms with Gasteiger partial charge in [-0.2, -0.15) is 0 Å². The summed E-state index contributed by atoms with van der Waals surface area (Å²) in [4.78, 5) is 47.7. The fourth-order valence-corrected chi connectivity index (χ4v) is 3.79. The Bertz CT molecular complexity index is 961. The van der Waals surface area contributed by atoms with Gasteiger partial charge >= 0.3 is 0 Å². The zero-order valence-corrected chi connectivity index (χ0v) is 19.3. The second-order valence-corrected chi connectivity index (χ2v) is 8.88. The number of rotatable bonds is 8. The van der Waals surface area contributed by atoms with Crippen LogP contribution in [0.2, 0.25) is 0 Å². The average molecular weight is 438 g/mol. The first-order valence-corrected chi connectivity index (χ1v) is 11.0. The Morgan fingerprint density at radius 1 is 0.906 bits per heavy atom. The number of carbonyl (C=O) groups is 3. The third kappa shape index (κ3) is 5.12. The Labute approximate surface area is 188 Å². The molecule has 2 N–H and O–H groups in total. The van der Waals surface area contributed by atoms with Crippen molar-refractivity contribution in [2.24, 2.45) is 0 Å². The molecule has 32 heavy (non-hydrogen) atoms. The van der Waals surface area contributed by atoms with Crippen molar-refractivity contribution in [3.05, 3.63) is 59.7 Å². The molecular formula is C24H31N5O3. The Morgan fingerprint density at radius 3 is 1.97 bits per heavy atom. The van der Waals surface area contributed by atoms with Crippen molar-refractivity contribution >= 4 is 17.7 Å². The van der Waals surface area contributed by atoms with Crippen LogP contribution in [0.25, 0.3) is 0 Å². The summed E-state index contributed by atoms with van der Waals surface area (Å²) >= 11 is 0. The van der Waals surface area contributed by atoms with Crippen LogP contribution in [0, 0.1) is 0 Å². The molecule has 0 bridgehead atoms. The van der Waals surface area contributed by atoms with Crippen LogP contribution in [0.4, 0.5) is 0 Å². The first kappa shape index (κ1) is 23.4. The molecule has 2 aromatic rings. The monoisotopic (exact) mass is 437 g/mol. The maximum absolute atomic E-state index is 12.9. The van der Waals surface area contributed by atoms with Crippen LogP contribution in [-0.4, -0.2) is 50.2 Å². The largest absolute Gasteiger partial charge is 0.348 e. The SMILES string of the molecule is CC(C)N(C(=O)c1ccc([C@@H](C)NC(=O)C2(NC(=O)c3cncnc3)CC2)cc1)C(C)C. The van der Waals surface area contributed by atoms with Crippen molar-refractivity contribution in [2.45, 2.75) is 71.1 Å². The van der Waals surface area contributed by atoms with Crippen molar-refractivity contribution in [2.75, 3.05) is 0 Å². The third-order valence-electron chi connectivity index (χ3n) is 5.71. The highest BCUT2D eigenvalue weighted by Gasteiger charge is 2.51. The lowest BCUT2D eigenvalue weighted by molar-refractivity contribution is -0.124. The zero-order valence-electron chi connectivity index (χ0n) is 19.3. The van der Waals surface area contributed by atoms with Crippen LogP contribution in [-0.2, 0) is 4.79 Å². The minimum atomic E-state index is -0.897. The molecule has 0 saturated heterocycles. The lowest BCUT2D eigenvalue weighted by Gasteiger charge is -2.31. The van der Waals surface area contributed by atoms with E-state index in [-0.39, 0.29) is 35.8 Å². The van der Waals surface area contributed by atoms with Crippen LogP contribution in [0.15, 0.2) is 43.0 Å². The molecule has 1 aromatic carbocycles. The zero-order chi connectivity index (χ0) is 23.5. The van der Waals surface area contributed by atoms with Gasteiger partial charge in [-0.05, 0) is 65.2 Å². The summed E-state index contributed by atoms with van der Waals surface area (Å²) in [6.45, 7) is 9.89. The van der Waals surface area contributed by atoms with Crippen LogP contribution < -0.4 is 10.6 Å². The molecule has 3 amide bonds. The van der Waals surface area contributed by atoms with Gasteiger partial charge in [0.05, 0.1) is 11.6 Å². The first-order chi connectivity index (χ1) is 15.1. The van der Waals surface area contributed by atoms with Crippen LogP contribution in [0.3, 0.4) is 0 Å². The minimum Gasteiger partial charge on any atom is -0.348 e. The van der Waals surface area contributed by atoms with Gasteiger partial charge in [0, 0.05) is 30.0 Å². The predicted molar refractivity (Wildman–Crippen MR) is 121 cm³/mol. The highest BCUT2D eigenvalue weighted by atomic mass is 16.2. The van der Waals surface area contributed by atoms with E-state index < -0.39 is 5.54 Å². The number of hydrogen-bond acceptors (Lipinski definition) is 5. The van der Waals surface area contributed by atoms with E-state index >= 15 is 0 Å². The van der Waals surface area contributed by atoms with E-state index in [0.29, 0.717) is 24.0 Å². The molecule has 170 valence electrons. The fourth-order valence-electron chi connectivity index (χ4n) is 3.79. The van der Waals surface area contributed by atoms with Crippen LogP contribution in [0.5, 0.6) is 0 Å². The van der Waals surface area contributed by atoms with Crippen LogP contribution >= 0.6 is 0 Å². The van der Waals surface area contributed by atoms with E-state index in [2.05, 4.69) is 20.6 Å². The molecule has 1 fully saturated rings. The van der Waals surface area contributed by atoms with Crippen molar-refractivity contribution in [1.29, 1.82) is 0 Å². The Balaban J connectivity index is 1.63. The van der Waals surface area contributed by atoms with Gasteiger partial charge in [-0.3, -0.25) is 14.4 Å². The summed E-state index contributed by atoms with van der Waals surface area (Å²) in [5.74, 6) is -0.599. The normalized spacial score (nSPS) is 15.2. The number of carbonyl (C=O) groups excluding carboxylic acids is 3. The summed E-state index contributed by atoms with van der Waals surface area (Å²) in [7, 11) is 0. The van der Waals surface area contributed by atoms with E-state index in [9.17, 15) is 14.4 Å². The van der Waals surface area contributed by atoms with Gasteiger partial charge in [-0.1, -0.05) is 12.1 Å². The van der Waals surface area contributed by atoms with Gasteiger partial charge < -0.3 is 15.5 Å². The molecule has 8 nitrogen and oxygen atoms in total. The molecule has 1 aromatic heterocycles. The molecule has 1 atom stereocenters.